The quantitative estimate of drug-likeness (QED) is 0.779. The molecule has 31 heavy (non-hydrogen) atoms. The second-order valence-corrected chi connectivity index (χ2v) is 8.11. The van der Waals surface area contributed by atoms with Gasteiger partial charge in [-0.2, -0.15) is 0 Å². The summed E-state index contributed by atoms with van der Waals surface area (Å²) in [6.07, 6.45) is 5.00. The van der Waals surface area contributed by atoms with Crippen LogP contribution in [0.25, 0.3) is 0 Å². The third-order valence-electron chi connectivity index (χ3n) is 6.05. The van der Waals surface area contributed by atoms with Gasteiger partial charge in [0.15, 0.2) is 0 Å². The Bertz CT molecular complexity index is 964. The number of anilines is 1. The van der Waals surface area contributed by atoms with Crippen LogP contribution in [0, 0.1) is 11.6 Å². The lowest BCUT2D eigenvalue weighted by molar-refractivity contribution is 0.0570. The molecule has 2 aromatic carbocycles. The fraction of sp³-hybridized carbons (Fsp3) is 0.391. The molecule has 6 nitrogen and oxygen atoms in total. The molecule has 1 aliphatic carbocycles. The Morgan fingerprint density at radius 2 is 1.58 bits per heavy atom. The highest BCUT2D eigenvalue weighted by Crippen LogP contribution is 2.27. The lowest BCUT2D eigenvalue weighted by Gasteiger charge is -2.38. The number of hydrogen-bond donors (Lipinski definition) is 2. The molecule has 1 aliphatic heterocycles. The number of phenolic OH excluding ortho intramolecular Hbond substituents is 1. The topological polar surface area (TPSA) is 72.9 Å². The number of phenols is 1. The van der Waals surface area contributed by atoms with Gasteiger partial charge in [-0.25, -0.2) is 8.78 Å². The number of amides is 2. The Kier molecular flexibility index (Phi) is 6.18. The van der Waals surface area contributed by atoms with E-state index in [1.807, 2.05) is 0 Å². The minimum atomic E-state index is -0.859. The second kappa shape index (κ2) is 9.01. The van der Waals surface area contributed by atoms with Crippen molar-refractivity contribution in [2.45, 2.75) is 31.7 Å². The fourth-order valence-corrected chi connectivity index (χ4v) is 4.41. The van der Waals surface area contributed by atoms with Crippen molar-refractivity contribution in [3.63, 3.8) is 0 Å². The Morgan fingerprint density at radius 3 is 2.19 bits per heavy atom. The van der Waals surface area contributed by atoms with E-state index in [1.54, 1.807) is 4.90 Å². The Balaban J connectivity index is 1.39. The lowest BCUT2D eigenvalue weighted by Crippen LogP contribution is -2.51. The highest BCUT2D eigenvalue weighted by atomic mass is 19.1. The molecule has 0 radical (unpaired) electrons. The maximum absolute atomic E-state index is 13.3. The molecule has 164 valence electrons. The van der Waals surface area contributed by atoms with Crippen LogP contribution in [0.4, 0.5) is 14.5 Å². The Morgan fingerprint density at radius 1 is 0.935 bits per heavy atom. The van der Waals surface area contributed by atoms with Crippen molar-refractivity contribution < 1.29 is 23.5 Å². The minimum Gasteiger partial charge on any atom is -0.507 e. The summed E-state index contributed by atoms with van der Waals surface area (Å²) >= 11 is 0. The number of nitrogens with one attached hydrogen (secondary N) is 1. The number of nitrogens with zero attached hydrogens (tertiary/aromatic N) is 2. The maximum atomic E-state index is 13.3. The van der Waals surface area contributed by atoms with Crippen molar-refractivity contribution in [3.8, 4) is 5.75 Å². The molecule has 1 saturated heterocycles. The smallest absolute Gasteiger partial charge is 0.257 e. The molecular formula is C23H25F2N3O3. The predicted octanol–water partition coefficient (Wildman–Crippen LogP) is 3.62. The van der Waals surface area contributed by atoms with Crippen molar-refractivity contribution in [2.75, 3.05) is 31.5 Å². The monoisotopic (exact) mass is 429 g/mol. The van der Waals surface area contributed by atoms with E-state index in [-0.39, 0.29) is 28.5 Å². The molecular weight excluding hydrogens is 404 g/mol. The molecule has 0 atom stereocenters. The summed E-state index contributed by atoms with van der Waals surface area (Å²) < 4.78 is 26.6. The van der Waals surface area contributed by atoms with Gasteiger partial charge in [-0.1, -0.05) is 12.8 Å². The number of rotatable bonds is 4. The minimum absolute atomic E-state index is 0.157. The summed E-state index contributed by atoms with van der Waals surface area (Å²) in [5.74, 6) is -2.95. The average Bonchev–Trinajstić information content (AvgIpc) is 3.28. The van der Waals surface area contributed by atoms with Gasteiger partial charge in [0.05, 0.1) is 5.56 Å². The van der Waals surface area contributed by atoms with Crippen LogP contribution in [0.2, 0.25) is 0 Å². The van der Waals surface area contributed by atoms with Crippen LogP contribution in [-0.4, -0.2) is 58.9 Å². The first-order valence-corrected chi connectivity index (χ1v) is 10.5. The van der Waals surface area contributed by atoms with E-state index in [2.05, 4.69) is 10.2 Å². The SMILES string of the molecule is O=C(Nc1ccc(C(=O)N2CCN(C3CCCC3)CC2)c(O)c1)c1cc(F)cc(F)c1. The number of carbonyl (C=O) groups is 2. The van der Waals surface area contributed by atoms with Crippen molar-refractivity contribution in [2.24, 2.45) is 0 Å². The molecule has 2 amide bonds. The Hall–Kier alpha value is -3.00. The first-order chi connectivity index (χ1) is 14.9. The number of benzene rings is 2. The predicted molar refractivity (Wildman–Crippen MR) is 112 cm³/mol. The van der Waals surface area contributed by atoms with Crippen LogP contribution in [-0.2, 0) is 0 Å². The zero-order valence-corrected chi connectivity index (χ0v) is 17.1. The number of hydrogen-bond acceptors (Lipinski definition) is 4. The first kappa shape index (κ1) is 21.2. The van der Waals surface area contributed by atoms with Crippen LogP contribution in [0.5, 0.6) is 5.75 Å². The van der Waals surface area contributed by atoms with Crippen molar-refractivity contribution in [3.05, 3.63) is 59.2 Å². The number of piperazine rings is 1. The lowest BCUT2D eigenvalue weighted by atomic mass is 10.1. The summed E-state index contributed by atoms with van der Waals surface area (Å²) in [7, 11) is 0. The van der Waals surface area contributed by atoms with Crippen molar-refractivity contribution in [1.82, 2.24) is 9.80 Å². The normalized spacial score (nSPS) is 17.7. The van der Waals surface area contributed by atoms with E-state index >= 15 is 0 Å². The van der Waals surface area contributed by atoms with Gasteiger partial charge in [0.2, 0.25) is 0 Å². The molecule has 1 saturated carbocycles. The first-order valence-electron chi connectivity index (χ1n) is 10.5. The molecule has 2 fully saturated rings. The molecule has 1 heterocycles. The molecule has 0 spiro atoms. The van der Waals surface area contributed by atoms with E-state index in [9.17, 15) is 23.5 Å². The largest absolute Gasteiger partial charge is 0.507 e. The molecule has 2 N–H and O–H groups in total. The van der Waals surface area contributed by atoms with Gasteiger partial charge in [0, 0.05) is 55.6 Å². The standard InChI is InChI=1S/C23H25F2N3O3/c24-16-11-15(12-17(25)13-16)22(30)26-18-5-6-20(21(29)14-18)23(31)28-9-7-27(8-10-28)19-3-1-2-4-19/h5-6,11-14,19,29H,1-4,7-10H2,(H,26,30). The van der Waals surface area contributed by atoms with Gasteiger partial charge < -0.3 is 15.3 Å². The molecule has 0 bridgehead atoms. The van der Waals surface area contributed by atoms with Gasteiger partial charge in [0.25, 0.3) is 11.8 Å². The molecule has 4 rings (SSSR count). The molecule has 2 aromatic rings. The van der Waals surface area contributed by atoms with Crippen molar-refractivity contribution in [1.29, 1.82) is 0 Å². The third-order valence-corrected chi connectivity index (χ3v) is 6.05. The number of halogens is 2. The summed E-state index contributed by atoms with van der Waals surface area (Å²) in [5.41, 5.74) is 0.191. The molecule has 8 heteroatoms. The van der Waals surface area contributed by atoms with E-state index in [4.69, 9.17) is 0 Å². The zero-order chi connectivity index (χ0) is 22.0. The second-order valence-electron chi connectivity index (χ2n) is 8.11. The molecule has 0 unspecified atom stereocenters. The van der Waals surface area contributed by atoms with Gasteiger partial charge >= 0.3 is 0 Å². The Labute approximate surface area is 179 Å². The van der Waals surface area contributed by atoms with Crippen molar-refractivity contribution >= 4 is 17.5 Å². The number of carbonyl (C=O) groups excluding carboxylic acids is 2. The fourth-order valence-electron chi connectivity index (χ4n) is 4.41. The number of aromatic hydroxyl groups is 1. The van der Waals surface area contributed by atoms with Gasteiger partial charge in [-0.3, -0.25) is 14.5 Å². The molecule has 2 aliphatic rings. The van der Waals surface area contributed by atoms with Gasteiger partial charge in [-0.15, -0.1) is 0 Å². The highest BCUT2D eigenvalue weighted by molar-refractivity contribution is 6.05. The highest BCUT2D eigenvalue weighted by Gasteiger charge is 2.29. The van der Waals surface area contributed by atoms with Crippen LogP contribution < -0.4 is 5.32 Å². The zero-order valence-electron chi connectivity index (χ0n) is 17.1. The van der Waals surface area contributed by atoms with E-state index in [0.29, 0.717) is 25.2 Å². The summed E-state index contributed by atoms with van der Waals surface area (Å²) in [5, 5.41) is 12.8. The van der Waals surface area contributed by atoms with E-state index < -0.39 is 17.5 Å². The summed E-state index contributed by atoms with van der Waals surface area (Å²) in [6, 6.07) is 7.33. The summed E-state index contributed by atoms with van der Waals surface area (Å²) in [6.45, 7) is 2.88. The maximum Gasteiger partial charge on any atom is 0.257 e. The summed E-state index contributed by atoms with van der Waals surface area (Å²) in [4.78, 5) is 29.3. The third kappa shape index (κ3) is 4.85. The van der Waals surface area contributed by atoms with Gasteiger partial charge in [-0.05, 0) is 37.1 Å². The van der Waals surface area contributed by atoms with Crippen LogP contribution in [0.3, 0.4) is 0 Å². The van der Waals surface area contributed by atoms with Gasteiger partial charge in [0.1, 0.15) is 17.4 Å². The van der Waals surface area contributed by atoms with E-state index in [0.717, 1.165) is 25.2 Å². The van der Waals surface area contributed by atoms with Crippen LogP contribution in [0.1, 0.15) is 46.4 Å². The van der Waals surface area contributed by atoms with Crippen LogP contribution in [0.15, 0.2) is 36.4 Å². The molecule has 0 aromatic heterocycles. The van der Waals surface area contributed by atoms with E-state index in [1.165, 1.54) is 43.9 Å². The average molecular weight is 429 g/mol. The van der Waals surface area contributed by atoms with Crippen LogP contribution >= 0.6 is 0 Å².